The van der Waals surface area contributed by atoms with Crippen LogP contribution < -0.4 is 10.2 Å². The van der Waals surface area contributed by atoms with Crippen molar-refractivity contribution in [1.29, 1.82) is 0 Å². The van der Waals surface area contributed by atoms with Crippen molar-refractivity contribution in [2.24, 2.45) is 5.92 Å². The van der Waals surface area contributed by atoms with Gasteiger partial charge < -0.3 is 20.0 Å². The second kappa shape index (κ2) is 13.6. The molecule has 2 aromatic carbocycles. The number of piperidine rings is 1. The topological polar surface area (TPSA) is 73.0 Å². The van der Waals surface area contributed by atoms with Crippen LogP contribution in [0.25, 0.3) is 0 Å². The molecule has 2 fully saturated rings. The Hall–Kier alpha value is -3.35. The van der Waals surface area contributed by atoms with Crippen LogP contribution in [0.4, 0.5) is 11.4 Å². The van der Waals surface area contributed by atoms with Crippen LogP contribution >= 0.6 is 0 Å². The first-order valence-electron chi connectivity index (χ1n) is 14.7. The zero-order valence-electron chi connectivity index (χ0n) is 23.8. The minimum atomic E-state index is -0.136. The third kappa shape index (κ3) is 7.40. The lowest BCUT2D eigenvalue weighted by molar-refractivity contribution is -0.132. The van der Waals surface area contributed by atoms with Gasteiger partial charge in [0.15, 0.2) is 0 Å². The number of anilines is 2. The highest BCUT2D eigenvalue weighted by atomic mass is 16.2. The van der Waals surface area contributed by atoms with Gasteiger partial charge in [0.2, 0.25) is 11.8 Å². The summed E-state index contributed by atoms with van der Waals surface area (Å²) >= 11 is 0. The van der Waals surface area contributed by atoms with Crippen molar-refractivity contribution in [1.82, 2.24) is 9.80 Å². The number of hydrogen-bond acceptors (Lipinski definition) is 4. The van der Waals surface area contributed by atoms with Crippen molar-refractivity contribution in [2.45, 2.75) is 65.2 Å². The van der Waals surface area contributed by atoms with E-state index in [9.17, 15) is 14.4 Å². The van der Waals surface area contributed by atoms with Gasteiger partial charge >= 0.3 is 0 Å². The quantitative estimate of drug-likeness (QED) is 0.485. The van der Waals surface area contributed by atoms with E-state index in [2.05, 4.69) is 17.1 Å². The SMILES string of the molecule is CCC(C(=O)N1CCCN(c2ccc(NC(=O)CC(C)C)cc2C(=O)N2CCCCC2)CC1)c1ccccc1. The third-order valence-corrected chi connectivity index (χ3v) is 7.80. The Morgan fingerprint density at radius 3 is 2.23 bits per heavy atom. The van der Waals surface area contributed by atoms with E-state index in [1.807, 2.05) is 72.2 Å². The first kappa shape index (κ1) is 28.7. The molecule has 2 aliphatic rings. The molecule has 0 bridgehead atoms. The van der Waals surface area contributed by atoms with E-state index in [-0.39, 0.29) is 29.6 Å². The molecule has 0 aliphatic carbocycles. The van der Waals surface area contributed by atoms with Gasteiger partial charge in [0.1, 0.15) is 0 Å². The summed E-state index contributed by atoms with van der Waals surface area (Å²) in [5, 5.41) is 2.99. The fraction of sp³-hybridized carbons (Fsp3) is 0.531. The number of nitrogens with zero attached hydrogens (tertiary/aromatic N) is 3. The van der Waals surface area contributed by atoms with Crippen molar-refractivity contribution in [3.05, 3.63) is 59.7 Å². The van der Waals surface area contributed by atoms with E-state index in [0.29, 0.717) is 37.3 Å². The molecular formula is C32H44N4O3. The summed E-state index contributed by atoms with van der Waals surface area (Å²) in [6.45, 7) is 10.4. The number of carbonyl (C=O) groups excluding carboxylic acids is 3. The minimum absolute atomic E-state index is 0.0250. The van der Waals surface area contributed by atoms with Gasteiger partial charge in [-0.1, -0.05) is 51.1 Å². The van der Waals surface area contributed by atoms with Crippen molar-refractivity contribution in [3.8, 4) is 0 Å². The molecule has 3 amide bonds. The smallest absolute Gasteiger partial charge is 0.256 e. The van der Waals surface area contributed by atoms with Gasteiger partial charge in [-0.25, -0.2) is 0 Å². The van der Waals surface area contributed by atoms with Crippen LogP contribution in [0.5, 0.6) is 0 Å². The van der Waals surface area contributed by atoms with E-state index in [0.717, 1.165) is 63.0 Å². The largest absolute Gasteiger partial charge is 0.369 e. The lowest BCUT2D eigenvalue weighted by Gasteiger charge is -2.31. The van der Waals surface area contributed by atoms with Gasteiger partial charge in [-0.15, -0.1) is 0 Å². The lowest BCUT2D eigenvalue weighted by Crippen LogP contribution is -2.39. The van der Waals surface area contributed by atoms with Crippen molar-refractivity contribution in [3.63, 3.8) is 0 Å². The number of carbonyl (C=O) groups is 3. The van der Waals surface area contributed by atoms with Crippen LogP contribution in [-0.2, 0) is 9.59 Å². The summed E-state index contributed by atoms with van der Waals surface area (Å²) in [6, 6.07) is 15.8. The molecule has 7 heteroatoms. The summed E-state index contributed by atoms with van der Waals surface area (Å²) in [5.41, 5.74) is 3.24. The van der Waals surface area contributed by atoms with Crippen LogP contribution in [0.3, 0.4) is 0 Å². The molecular weight excluding hydrogens is 488 g/mol. The van der Waals surface area contributed by atoms with E-state index in [1.54, 1.807) is 0 Å². The average Bonchev–Trinajstić information content (AvgIpc) is 3.20. The van der Waals surface area contributed by atoms with Crippen LogP contribution in [-0.4, -0.2) is 66.8 Å². The molecule has 0 saturated carbocycles. The maximum Gasteiger partial charge on any atom is 0.256 e. The van der Waals surface area contributed by atoms with Crippen molar-refractivity contribution >= 4 is 29.1 Å². The van der Waals surface area contributed by atoms with E-state index < -0.39 is 0 Å². The molecule has 1 atom stereocenters. The molecule has 7 nitrogen and oxygen atoms in total. The second-order valence-electron chi connectivity index (χ2n) is 11.3. The highest BCUT2D eigenvalue weighted by Crippen LogP contribution is 2.29. The molecule has 0 radical (unpaired) electrons. The highest BCUT2D eigenvalue weighted by Gasteiger charge is 2.29. The molecule has 2 heterocycles. The number of amides is 3. The van der Waals surface area contributed by atoms with Crippen LogP contribution in [0.1, 0.15) is 81.1 Å². The zero-order valence-corrected chi connectivity index (χ0v) is 23.8. The number of likely N-dealkylation sites (tertiary alicyclic amines) is 1. The molecule has 210 valence electrons. The number of benzene rings is 2. The summed E-state index contributed by atoms with van der Waals surface area (Å²) in [5.74, 6) is 0.288. The molecule has 2 aromatic rings. The number of rotatable bonds is 8. The van der Waals surface area contributed by atoms with Gasteiger partial charge in [-0.05, 0) is 61.8 Å². The Kier molecular flexibility index (Phi) is 10.0. The van der Waals surface area contributed by atoms with Crippen molar-refractivity contribution in [2.75, 3.05) is 49.5 Å². The molecule has 39 heavy (non-hydrogen) atoms. The van der Waals surface area contributed by atoms with Gasteiger partial charge in [-0.2, -0.15) is 0 Å². The Bertz CT molecular complexity index is 1130. The fourth-order valence-corrected chi connectivity index (χ4v) is 5.75. The van der Waals surface area contributed by atoms with E-state index in [4.69, 9.17) is 0 Å². The summed E-state index contributed by atoms with van der Waals surface area (Å²) < 4.78 is 0. The van der Waals surface area contributed by atoms with Crippen molar-refractivity contribution < 1.29 is 14.4 Å². The predicted octanol–water partition coefficient (Wildman–Crippen LogP) is 5.53. The third-order valence-electron chi connectivity index (χ3n) is 7.80. The summed E-state index contributed by atoms with van der Waals surface area (Å²) in [4.78, 5) is 45.9. The number of hydrogen-bond donors (Lipinski definition) is 1. The maximum atomic E-state index is 13.7. The van der Waals surface area contributed by atoms with E-state index >= 15 is 0 Å². The highest BCUT2D eigenvalue weighted by molar-refractivity contribution is 6.02. The Morgan fingerprint density at radius 2 is 1.54 bits per heavy atom. The molecule has 1 N–H and O–H groups in total. The van der Waals surface area contributed by atoms with Gasteiger partial charge in [-0.3, -0.25) is 14.4 Å². The molecule has 0 spiro atoms. The normalized spacial score (nSPS) is 17.1. The molecule has 2 aliphatic heterocycles. The Morgan fingerprint density at radius 1 is 0.821 bits per heavy atom. The van der Waals surface area contributed by atoms with E-state index in [1.165, 1.54) is 0 Å². The fourth-order valence-electron chi connectivity index (χ4n) is 5.75. The Balaban J connectivity index is 1.54. The molecule has 0 aromatic heterocycles. The standard InChI is InChI=1S/C32H44N4O3/c1-4-27(25-12-7-5-8-13-25)31(38)36-19-11-18-34(20-21-36)29-15-14-26(33-30(37)22-24(2)3)23-28(29)32(39)35-16-9-6-10-17-35/h5,7-8,12-15,23-24,27H,4,6,9-11,16-22H2,1-3H3,(H,33,37). The van der Waals surface area contributed by atoms with Crippen LogP contribution in [0.2, 0.25) is 0 Å². The lowest BCUT2D eigenvalue weighted by atomic mass is 9.95. The van der Waals surface area contributed by atoms with Crippen LogP contribution in [0.15, 0.2) is 48.5 Å². The van der Waals surface area contributed by atoms with Gasteiger partial charge in [0.25, 0.3) is 5.91 Å². The Labute approximate surface area is 233 Å². The van der Waals surface area contributed by atoms with Gasteiger partial charge in [0, 0.05) is 57.1 Å². The average molecular weight is 533 g/mol. The zero-order chi connectivity index (χ0) is 27.8. The first-order valence-corrected chi connectivity index (χ1v) is 14.7. The minimum Gasteiger partial charge on any atom is -0.369 e. The number of nitrogens with one attached hydrogen (secondary N) is 1. The molecule has 1 unspecified atom stereocenters. The van der Waals surface area contributed by atoms with Gasteiger partial charge in [0.05, 0.1) is 11.5 Å². The summed E-state index contributed by atoms with van der Waals surface area (Å²) in [7, 11) is 0. The first-order chi connectivity index (χ1) is 18.9. The maximum absolute atomic E-state index is 13.7. The second-order valence-corrected chi connectivity index (χ2v) is 11.3. The molecule has 2 saturated heterocycles. The van der Waals surface area contributed by atoms with Crippen LogP contribution in [0, 0.1) is 5.92 Å². The predicted molar refractivity (Wildman–Crippen MR) is 157 cm³/mol. The summed E-state index contributed by atoms with van der Waals surface area (Å²) in [6.07, 6.45) is 5.23. The monoisotopic (exact) mass is 532 g/mol. The molecule has 4 rings (SSSR count).